The summed E-state index contributed by atoms with van der Waals surface area (Å²) in [7, 11) is 0. The number of carbonyl (C=O) groups is 1. The molecule has 0 spiro atoms. The van der Waals surface area contributed by atoms with Gasteiger partial charge in [-0.25, -0.2) is 8.78 Å². The normalized spacial score (nSPS) is 19.8. The van der Waals surface area contributed by atoms with Crippen LogP contribution in [-0.4, -0.2) is 12.5 Å². The van der Waals surface area contributed by atoms with Gasteiger partial charge >= 0.3 is 0 Å². The van der Waals surface area contributed by atoms with Gasteiger partial charge in [0.25, 0.3) is 0 Å². The van der Waals surface area contributed by atoms with E-state index in [4.69, 9.17) is 0 Å². The van der Waals surface area contributed by atoms with E-state index >= 15 is 0 Å². The van der Waals surface area contributed by atoms with Crippen LogP contribution in [0.2, 0.25) is 0 Å². The maximum absolute atomic E-state index is 13.9. The highest BCUT2D eigenvalue weighted by atomic mass is 19.1. The molecule has 1 amide bonds. The van der Waals surface area contributed by atoms with E-state index in [0.29, 0.717) is 12.1 Å². The molecule has 1 aromatic carbocycles. The smallest absolute Gasteiger partial charge is 0.227 e. The Bertz CT molecular complexity index is 485. The minimum Gasteiger partial charge on any atom is -0.307 e. The molecule has 2 nitrogen and oxygen atoms in total. The van der Waals surface area contributed by atoms with E-state index in [0.717, 1.165) is 0 Å². The lowest BCUT2D eigenvalue weighted by molar-refractivity contribution is -0.117. The lowest BCUT2D eigenvalue weighted by Crippen LogP contribution is -2.26. The zero-order valence-corrected chi connectivity index (χ0v) is 9.54. The maximum atomic E-state index is 13.9. The van der Waals surface area contributed by atoms with Gasteiger partial charge in [-0.2, -0.15) is 0 Å². The number of nitrogens with zero attached hydrogens (tertiary/aromatic N) is 1. The van der Waals surface area contributed by atoms with E-state index in [-0.39, 0.29) is 23.9 Å². The lowest BCUT2D eigenvalue weighted by Gasteiger charge is -2.18. The molecule has 90 valence electrons. The van der Waals surface area contributed by atoms with Crippen LogP contribution >= 0.6 is 0 Å². The molecule has 0 saturated carbocycles. The van der Waals surface area contributed by atoms with Gasteiger partial charge in [-0.15, -0.1) is 6.58 Å². The van der Waals surface area contributed by atoms with Gasteiger partial charge in [0.2, 0.25) is 5.91 Å². The highest BCUT2D eigenvalue weighted by Crippen LogP contribution is 2.31. The summed E-state index contributed by atoms with van der Waals surface area (Å²) in [5, 5.41) is 0. The number of benzene rings is 1. The second-order valence-corrected chi connectivity index (χ2v) is 4.23. The molecule has 0 N–H and O–H groups in total. The molecule has 1 unspecified atom stereocenters. The fraction of sp³-hybridized carbons (Fsp3) is 0.308. The summed E-state index contributed by atoms with van der Waals surface area (Å²) in [5.41, 5.74) is 0.0932. The highest BCUT2D eigenvalue weighted by Gasteiger charge is 2.32. The largest absolute Gasteiger partial charge is 0.307 e. The zero-order valence-electron chi connectivity index (χ0n) is 9.54. The summed E-state index contributed by atoms with van der Waals surface area (Å²) in [6, 6.07) is 2.54. The van der Waals surface area contributed by atoms with E-state index in [9.17, 15) is 13.6 Å². The van der Waals surface area contributed by atoms with E-state index in [1.54, 1.807) is 13.0 Å². The van der Waals surface area contributed by atoms with Gasteiger partial charge in [-0.1, -0.05) is 12.1 Å². The molecule has 1 saturated heterocycles. The molecule has 1 atom stereocenters. The Kier molecular flexibility index (Phi) is 2.96. The minimum atomic E-state index is -0.703. The Hall–Kier alpha value is -1.71. The molecular weight excluding hydrogens is 224 g/mol. The van der Waals surface area contributed by atoms with E-state index in [1.807, 2.05) is 0 Å². The molecule has 0 aliphatic carbocycles. The molecule has 1 aliphatic rings. The number of hydrogen-bond donors (Lipinski definition) is 0. The van der Waals surface area contributed by atoms with Crippen molar-refractivity contribution in [2.24, 2.45) is 5.92 Å². The Labute approximate surface area is 98.5 Å². The average molecular weight is 237 g/mol. The average Bonchev–Trinajstić information content (AvgIpc) is 2.66. The summed E-state index contributed by atoms with van der Waals surface area (Å²) in [6.07, 6.45) is 1.90. The third kappa shape index (κ3) is 1.95. The molecule has 0 radical (unpaired) electrons. The fourth-order valence-corrected chi connectivity index (χ4v) is 2.00. The van der Waals surface area contributed by atoms with Crippen LogP contribution in [0.5, 0.6) is 0 Å². The maximum Gasteiger partial charge on any atom is 0.227 e. The van der Waals surface area contributed by atoms with Gasteiger partial charge in [0.15, 0.2) is 5.82 Å². The summed E-state index contributed by atoms with van der Waals surface area (Å²) in [6.45, 7) is 5.44. The molecule has 0 aromatic heterocycles. The first-order valence-electron chi connectivity index (χ1n) is 5.42. The van der Waals surface area contributed by atoms with Crippen LogP contribution in [0.25, 0.3) is 0 Å². The summed E-state index contributed by atoms with van der Waals surface area (Å²) >= 11 is 0. The van der Waals surface area contributed by atoms with Crippen molar-refractivity contribution in [3.8, 4) is 0 Å². The first-order chi connectivity index (χ1) is 8.04. The molecule has 1 aromatic rings. The van der Waals surface area contributed by atoms with E-state index in [1.165, 1.54) is 17.0 Å². The van der Waals surface area contributed by atoms with Crippen LogP contribution in [-0.2, 0) is 4.79 Å². The molecule has 4 heteroatoms. The van der Waals surface area contributed by atoms with Gasteiger partial charge in [0, 0.05) is 18.9 Å². The first kappa shape index (κ1) is 11.8. The number of carbonyl (C=O) groups excluding carboxylic acids is 1. The number of anilines is 1. The second-order valence-electron chi connectivity index (χ2n) is 4.23. The van der Waals surface area contributed by atoms with Gasteiger partial charge in [-0.05, 0) is 18.6 Å². The number of hydrogen-bond acceptors (Lipinski definition) is 1. The van der Waals surface area contributed by atoms with Crippen LogP contribution < -0.4 is 4.90 Å². The van der Waals surface area contributed by atoms with Crippen LogP contribution in [0.1, 0.15) is 12.0 Å². The van der Waals surface area contributed by atoms with E-state index in [2.05, 4.69) is 6.58 Å². The quantitative estimate of drug-likeness (QED) is 0.724. The second kappa shape index (κ2) is 4.28. The minimum absolute atomic E-state index is 0.0400. The number of rotatable bonds is 2. The van der Waals surface area contributed by atoms with Crippen molar-refractivity contribution in [1.82, 2.24) is 0 Å². The summed E-state index contributed by atoms with van der Waals surface area (Å²) in [5.74, 6) is -1.67. The predicted octanol–water partition coefficient (Wildman–Crippen LogP) is 2.81. The lowest BCUT2D eigenvalue weighted by atomic mass is 10.1. The number of amides is 1. The van der Waals surface area contributed by atoms with Gasteiger partial charge in [0.05, 0.1) is 0 Å². The molecule has 1 aliphatic heterocycles. The van der Waals surface area contributed by atoms with Crippen LogP contribution in [0, 0.1) is 24.5 Å². The molecule has 0 bridgehead atoms. The molecule has 1 heterocycles. The van der Waals surface area contributed by atoms with E-state index < -0.39 is 11.6 Å². The summed E-state index contributed by atoms with van der Waals surface area (Å²) in [4.78, 5) is 12.9. The number of aryl methyl sites for hydroxylation is 1. The van der Waals surface area contributed by atoms with Gasteiger partial charge in [0.1, 0.15) is 11.5 Å². The third-order valence-corrected chi connectivity index (χ3v) is 3.02. The fourth-order valence-electron chi connectivity index (χ4n) is 2.00. The van der Waals surface area contributed by atoms with Crippen molar-refractivity contribution in [2.75, 3.05) is 11.4 Å². The Morgan fingerprint density at radius 2 is 2.18 bits per heavy atom. The Morgan fingerprint density at radius 1 is 1.47 bits per heavy atom. The van der Waals surface area contributed by atoms with Crippen molar-refractivity contribution in [2.45, 2.75) is 13.3 Å². The first-order valence-corrected chi connectivity index (χ1v) is 5.42. The third-order valence-electron chi connectivity index (χ3n) is 3.02. The Morgan fingerprint density at radius 3 is 2.76 bits per heavy atom. The molecular formula is C13H13F2NO. The SMILES string of the molecule is C=CC1CC(=O)N(c2c(F)ccc(C)c2F)C1. The van der Waals surface area contributed by atoms with Crippen molar-refractivity contribution < 1.29 is 13.6 Å². The van der Waals surface area contributed by atoms with Crippen molar-refractivity contribution in [3.63, 3.8) is 0 Å². The van der Waals surface area contributed by atoms with Crippen LogP contribution in [0.3, 0.4) is 0 Å². The highest BCUT2D eigenvalue weighted by molar-refractivity contribution is 5.96. The standard InChI is InChI=1S/C13H13F2NO/c1-3-9-6-11(17)16(7-9)13-10(14)5-4-8(2)12(13)15/h3-5,9H,1,6-7H2,2H3. The van der Waals surface area contributed by atoms with Crippen LogP contribution in [0.15, 0.2) is 24.8 Å². The molecule has 2 rings (SSSR count). The topological polar surface area (TPSA) is 20.3 Å². The molecule has 1 fully saturated rings. The molecule has 17 heavy (non-hydrogen) atoms. The van der Waals surface area contributed by atoms with Crippen LogP contribution in [0.4, 0.5) is 14.5 Å². The summed E-state index contributed by atoms with van der Waals surface area (Å²) < 4.78 is 27.5. The monoisotopic (exact) mass is 237 g/mol. The van der Waals surface area contributed by atoms with Crippen molar-refractivity contribution in [3.05, 3.63) is 42.0 Å². The van der Waals surface area contributed by atoms with Gasteiger partial charge in [-0.3, -0.25) is 4.79 Å². The van der Waals surface area contributed by atoms with Crippen molar-refractivity contribution >= 4 is 11.6 Å². The van der Waals surface area contributed by atoms with Gasteiger partial charge < -0.3 is 4.90 Å². The Balaban J connectivity index is 2.44. The number of halogens is 2. The predicted molar refractivity (Wildman–Crippen MR) is 61.8 cm³/mol. The van der Waals surface area contributed by atoms with Crippen molar-refractivity contribution in [1.29, 1.82) is 0 Å². The zero-order chi connectivity index (χ0) is 12.6.